The molecule has 0 atom stereocenters. The minimum absolute atomic E-state index is 0.0641. The Morgan fingerprint density at radius 1 is 1.33 bits per heavy atom. The van der Waals surface area contributed by atoms with Crippen LogP contribution in [0, 0.1) is 6.92 Å². The average Bonchev–Trinajstić information content (AvgIpc) is 2.30. The van der Waals surface area contributed by atoms with E-state index >= 15 is 0 Å². The Balaban J connectivity index is 2.09. The Kier molecular flexibility index (Phi) is 2.91. The lowest BCUT2D eigenvalue weighted by atomic mass is 10.3. The predicted molar refractivity (Wildman–Crippen MR) is 53.5 cm³/mol. The van der Waals surface area contributed by atoms with Crippen LogP contribution >= 0.6 is 0 Å². The highest BCUT2D eigenvalue weighted by atomic mass is 16.5. The van der Waals surface area contributed by atoms with Gasteiger partial charge < -0.3 is 9.64 Å². The molecule has 1 fully saturated rings. The summed E-state index contributed by atoms with van der Waals surface area (Å²) < 4.78 is 5.17. The first-order valence-corrected chi connectivity index (χ1v) is 4.95. The quantitative estimate of drug-likeness (QED) is 0.662. The highest BCUT2D eigenvalue weighted by Gasteiger charge is 2.19. The SMILES string of the molecule is Cc1ccc(C(=O)N2CCOCC2)nn1. The van der Waals surface area contributed by atoms with Crippen molar-refractivity contribution in [1.29, 1.82) is 0 Å². The van der Waals surface area contributed by atoms with Crippen molar-refractivity contribution in [2.45, 2.75) is 6.92 Å². The summed E-state index contributed by atoms with van der Waals surface area (Å²) in [7, 11) is 0. The Morgan fingerprint density at radius 3 is 2.67 bits per heavy atom. The molecule has 1 aliphatic rings. The number of morpholine rings is 1. The lowest BCUT2D eigenvalue weighted by molar-refractivity contribution is 0.0298. The van der Waals surface area contributed by atoms with Gasteiger partial charge in [-0.3, -0.25) is 4.79 Å². The topological polar surface area (TPSA) is 55.3 Å². The summed E-state index contributed by atoms with van der Waals surface area (Å²) in [5, 5.41) is 7.74. The van der Waals surface area contributed by atoms with Crippen LogP contribution in [0.25, 0.3) is 0 Å². The number of amides is 1. The largest absolute Gasteiger partial charge is 0.378 e. The molecule has 1 aliphatic heterocycles. The van der Waals surface area contributed by atoms with E-state index in [9.17, 15) is 4.79 Å². The number of rotatable bonds is 1. The first kappa shape index (κ1) is 10.0. The number of aryl methyl sites for hydroxylation is 1. The Bertz CT molecular complexity index is 344. The number of nitrogens with zero attached hydrogens (tertiary/aromatic N) is 3. The highest BCUT2D eigenvalue weighted by Crippen LogP contribution is 2.04. The van der Waals surface area contributed by atoms with Gasteiger partial charge in [-0.05, 0) is 19.1 Å². The lowest BCUT2D eigenvalue weighted by Gasteiger charge is -2.26. The standard InChI is InChI=1S/C10H13N3O2/c1-8-2-3-9(12-11-8)10(14)13-4-6-15-7-5-13/h2-3H,4-7H2,1H3. The molecule has 15 heavy (non-hydrogen) atoms. The number of hydrogen-bond acceptors (Lipinski definition) is 4. The second-order valence-electron chi connectivity index (χ2n) is 3.46. The van der Waals surface area contributed by atoms with Crippen LogP contribution < -0.4 is 0 Å². The lowest BCUT2D eigenvalue weighted by Crippen LogP contribution is -2.41. The first-order chi connectivity index (χ1) is 7.27. The molecule has 1 amide bonds. The van der Waals surface area contributed by atoms with Gasteiger partial charge in [0.1, 0.15) is 0 Å². The number of carbonyl (C=O) groups excluding carboxylic acids is 1. The van der Waals surface area contributed by atoms with E-state index in [4.69, 9.17) is 4.74 Å². The van der Waals surface area contributed by atoms with Crippen LogP contribution in [-0.2, 0) is 4.74 Å². The van der Waals surface area contributed by atoms with Crippen molar-refractivity contribution >= 4 is 5.91 Å². The molecule has 0 unspecified atom stereocenters. The zero-order valence-corrected chi connectivity index (χ0v) is 8.64. The van der Waals surface area contributed by atoms with Crippen LogP contribution in [0.3, 0.4) is 0 Å². The van der Waals surface area contributed by atoms with Crippen molar-refractivity contribution < 1.29 is 9.53 Å². The summed E-state index contributed by atoms with van der Waals surface area (Å²) in [6.45, 7) is 4.31. The van der Waals surface area contributed by atoms with E-state index < -0.39 is 0 Å². The molecule has 0 spiro atoms. The second kappa shape index (κ2) is 4.35. The van der Waals surface area contributed by atoms with Crippen LogP contribution in [0.1, 0.15) is 16.2 Å². The van der Waals surface area contributed by atoms with Gasteiger partial charge in [0.2, 0.25) is 0 Å². The summed E-state index contributed by atoms with van der Waals surface area (Å²) in [5.74, 6) is -0.0641. The fourth-order valence-corrected chi connectivity index (χ4v) is 1.44. The molecule has 2 rings (SSSR count). The van der Waals surface area contributed by atoms with Crippen molar-refractivity contribution in [3.63, 3.8) is 0 Å². The molecule has 0 aliphatic carbocycles. The third kappa shape index (κ3) is 2.30. The summed E-state index contributed by atoms with van der Waals surface area (Å²) in [6, 6.07) is 3.50. The second-order valence-corrected chi connectivity index (χ2v) is 3.46. The van der Waals surface area contributed by atoms with Crippen molar-refractivity contribution in [2.75, 3.05) is 26.3 Å². The van der Waals surface area contributed by atoms with Gasteiger partial charge in [-0.15, -0.1) is 5.10 Å². The number of ether oxygens (including phenoxy) is 1. The summed E-state index contributed by atoms with van der Waals surface area (Å²) in [4.78, 5) is 13.6. The number of carbonyl (C=O) groups is 1. The Labute approximate surface area is 88.1 Å². The van der Waals surface area contributed by atoms with Gasteiger partial charge in [0.05, 0.1) is 18.9 Å². The zero-order chi connectivity index (χ0) is 10.7. The van der Waals surface area contributed by atoms with E-state index in [-0.39, 0.29) is 5.91 Å². The molecular weight excluding hydrogens is 194 g/mol. The normalized spacial score (nSPS) is 16.5. The van der Waals surface area contributed by atoms with Crippen LogP contribution in [0.5, 0.6) is 0 Å². The molecule has 2 heterocycles. The van der Waals surface area contributed by atoms with Crippen LogP contribution in [-0.4, -0.2) is 47.3 Å². The van der Waals surface area contributed by atoms with Crippen LogP contribution in [0.2, 0.25) is 0 Å². The summed E-state index contributed by atoms with van der Waals surface area (Å²) >= 11 is 0. The fraction of sp³-hybridized carbons (Fsp3) is 0.500. The molecule has 5 nitrogen and oxygen atoms in total. The molecule has 1 aromatic heterocycles. The van der Waals surface area contributed by atoms with Crippen molar-refractivity contribution in [3.05, 3.63) is 23.5 Å². The molecule has 0 bridgehead atoms. The molecule has 0 saturated carbocycles. The van der Waals surface area contributed by atoms with Gasteiger partial charge in [-0.1, -0.05) is 0 Å². The molecule has 1 aromatic rings. The van der Waals surface area contributed by atoms with Gasteiger partial charge >= 0.3 is 0 Å². The molecule has 80 valence electrons. The zero-order valence-electron chi connectivity index (χ0n) is 8.64. The summed E-state index contributed by atoms with van der Waals surface area (Å²) in [6.07, 6.45) is 0. The molecule has 0 N–H and O–H groups in total. The van der Waals surface area contributed by atoms with Gasteiger partial charge in [0.25, 0.3) is 5.91 Å². The van der Waals surface area contributed by atoms with Crippen molar-refractivity contribution in [2.24, 2.45) is 0 Å². The van der Waals surface area contributed by atoms with E-state index in [0.717, 1.165) is 5.69 Å². The third-order valence-corrected chi connectivity index (χ3v) is 2.32. The van der Waals surface area contributed by atoms with Gasteiger partial charge in [-0.2, -0.15) is 5.10 Å². The minimum atomic E-state index is -0.0641. The van der Waals surface area contributed by atoms with E-state index in [0.29, 0.717) is 32.0 Å². The fourth-order valence-electron chi connectivity index (χ4n) is 1.44. The van der Waals surface area contributed by atoms with Gasteiger partial charge in [-0.25, -0.2) is 0 Å². The average molecular weight is 207 g/mol. The maximum Gasteiger partial charge on any atom is 0.274 e. The Morgan fingerprint density at radius 2 is 2.07 bits per heavy atom. The van der Waals surface area contributed by atoms with Crippen molar-refractivity contribution in [1.82, 2.24) is 15.1 Å². The van der Waals surface area contributed by atoms with Crippen LogP contribution in [0.4, 0.5) is 0 Å². The summed E-state index contributed by atoms with van der Waals surface area (Å²) in [5.41, 5.74) is 1.22. The van der Waals surface area contributed by atoms with Gasteiger partial charge in [0.15, 0.2) is 5.69 Å². The first-order valence-electron chi connectivity index (χ1n) is 4.95. The highest BCUT2D eigenvalue weighted by molar-refractivity contribution is 5.92. The van der Waals surface area contributed by atoms with Crippen LogP contribution in [0.15, 0.2) is 12.1 Å². The molecular formula is C10H13N3O2. The van der Waals surface area contributed by atoms with Gasteiger partial charge in [0, 0.05) is 13.1 Å². The monoisotopic (exact) mass is 207 g/mol. The van der Waals surface area contributed by atoms with Crippen molar-refractivity contribution in [3.8, 4) is 0 Å². The van der Waals surface area contributed by atoms with E-state index in [1.54, 1.807) is 17.0 Å². The maximum absolute atomic E-state index is 11.9. The van der Waals surface area contributed by atoms with E-state index in [1.807, 2.05) is 6.92 Å². The molecule has 0 radical (unpaired) electrons. The predicted octanol–water partition coefficient (Wildman–Crippen LogP) is 0.257. The molecule has 1 saturated heterocycles. The van der Waals surface area contributed by atoms with E-state index in [1.165, 1.54) is 0 Å². The molecule has 5 heteroatoms. The number of hydrogen-bond donors (Lipinski definition) is 0. The smallest absolute Gasteiger partial charge is 0.274 e. The third-order valence-electron chi connectivity index (χ3n) is 2.32. The molecule has 0 aromatic carbocycles. The minimum Gasteiger partial charge on any atom is -0.378 e. The Hall–Kier alpha value is -1.49. The maximum atomic E-state index is 11.9. The van der Waals surface area contributed by atoms with E-state index in [2.05, 4.69) is 10.2 Å². The number of aromatic nitrogens is 2.